The fraction of sp³-hybridized carbons (Fsp3) is 0.320. The summed E-state index contributed by atoms with van der Waals surface area (Å²) in [6.45, 7) is 11.4. The summed E-state index contributed by atoms with van der Waals surface area (Å²) in [6, 6.07) is 19.0. The van der Waals surface area contributed by atoms with Gasteiger partial charge in [0, 0.05) is 28.9 Å². The summed E-state index contributed by atoms with van der Waals surface area (Å²) in [4.78, 5) is 4.69. The fourth-order valence-corrected chi connectivity index (χ4v) is 3.44. The van der Waals surface area contributed by atoms with Gasteiger partial charge in [-0.3, -0.25) is 4.99 Å². The Morgan fingerprint density at radius 2 is 1.68 bits per heavy atom. The number of hydrogen-bond donors (Lipinski definition) is 0. The Morgan fingerprint density at radius 3 is 2.29 bits per heavy atom. The molecular weight excluding hydrogens is 344 g/mol. The van der Waals surface area contributed by atoms with E-state index in [1.165, 1.54) is 17.0 Å². The first-order valence-corrected chi connectivity index (χ1v) is 10.1. The molecule has 0 amide bonds. The summed E-state index contributed by atoms with van der Waals surface area (Å²) < 4.78 is 7.80. The van der Waals surface area contributed by atoms with Crippen LogP contribution in [-0.4, -0.2) is 17.4 Å². The second-order valence-corrected chi connectivity index (χ2v) is 7.25. The molecular formula is C25H30N2O. The maximum Gasteiger partial charge on any atom is 0.119 e. The highest BCUT2D eigenvalue weighted by Gasteiger charge is 2.10. The van der Waals surface area contributed by atoms with Crippen LogP contribution in [0.4, 0.5) is 5.69 Å². The zero-order chi connectivity index (χ0) is 20.1. The molecule has 0 unspecified atom stereocenters. The van der Waals surface area contributed by atoms with Crippen LogP contribution in [0.1, 0.15) is 55.6 Å². The lowest BCUT2D eigenvalue weighted by Crippen LogP contribution is -2.00. The van der Waals surface area contributed by atoms with Gasteiger partial charge in [0.2, 0.25) is 0 Å². The number of nitrogens with zero attached hydrogens (tertiary/aromatic N) is 2. The van der Waals surface area contributed by atoms with E-state index in [0.717, 1.165) is 29.1 Å². The molecule has 0 aliphatic rings. The predicted octanol–water partition coefficient (Wildman–Crippen LogP) is 6.76. The minimum absolute atomic E-state index is 0.589. The van der Waals surface area contributed by atoms with Crippen LogP contribution in [-0.2, 0) is 0 Å². The van der Waals surface area contributed by atoms with Gasteiger partial charge in [0.1, 0.15) is 5.75 Å². The van der Waals surface area contributed by atoms with Gasteiger partial charge in [0.15, 0.2) is 0 Å². The summed E-state index contributed by atoms with van der Waals surface area (Å²) in [7, 11) is 0. The van der Waals surface area contributed by atoms with Gasteiger partial charge < -0.3 is 9.30 Å². The van der Waals surface area contributed by atoms with E-state index in [1.807, 2.05) is 25.3 Å². The molecule has 3 heteroatoms. The molecule has 0 N–H and O–H groups in total. The molecule has 1 aromatic heterocycles. The van der Waals surface area contributed by atoms with E-state index < -0.39 is 0 Å². The van der Waals surface area contributed by atoms with E-state index in [-0.39, 0.29) is 0 Å². The van der Waals surface area contributed by atoms with Crippen molar-refractivity contribution in [3.8, 4) is 11.4 Å². The van der Waals surface area contributed by atoms with Gasteiger partial charge in [-0.1, -0.05) is 26.0 Å². The van der Waals surface area contributed by atoms with E-state index in [4.69, 9.17) is 9.73 Å². The van der Waals surface area contributed by atoms with Crippen LogP contribution >= 0.6 is 0 Å². The normalized spacial score (nSPS) is 12.5. The van der Waals surface area contributed by atoms with Crippen LogP contribution in [0.15, 0.2) is 59.6 Å². The molecule has 0 aliphatic carbocycles. The van der Waals surface area contributed by atoms with Crippen LogP contribution in [0.25, 0.3) is 5.69 Å². The average Bonchev–Trinajstić information content (AvgIpc) is 3.00. The first kappa shape index (κ1) is 19.9. The number of rotatable bonds is 7. The van der Waals surface area contributed by atoms with E-state index in [9.17, 15) is 0 Å². The van der Waals surface area contributed by atoms with Gasteiger partial charge in [-0.15, -0.1) is 0 Å². The molecule has 0 aliphatic heterocycles. The quantitative estimate of drug-likeness (QED) is 0.420. The van der Waals surface area contributed by atoms with Crippen molar-refractivity contribution in [2.75, 3.05) is 6.61 Å². The van der Waals surface area contributed by atoms with Crippen LogP contribution in [0.3, 0.4) is 0 Å². The molecule has 0 bridgehead atoms. The van der Waals surface area contributed by atoms with Crippen LogP contribution in [0.2, 0.25) is 0 Å². The van der Waals surface area contributed by atoms with Gasteiger partial charge in [0.25, 0.3) is 0 Å². The van der Waals surface area contributed by atoms with Gasteiger partial charge in [-0.25, -0.2) is 0 Å². The molecule has 3 aromatic rings. The topological polar surface area (TPSA) is 26.5 Å². The highest BCUT2D eigenvalue weighted by molar-refractivity contribution is 5.84. The number of aliphatic imine (C=N–C) groups is 1. The molecule has 3 nitrogen and oxygen atoms in total. The summed E-state index contributed by atoms with van der Waals surface area (Å²) in [5.74, 6) is 1.49. The molecule has 1 atom stereocenters. The smallest absolute Gasteiger partial charge is 0.119 e. The summed E-state index contributed by atoms with van der Waals surface area (Å²) >= 11 is 0. The Kier molecular flexibility index (Phi) is 6.35. The van der Waals surface area contributed by atoms with E-state index in [1.54, 1.807) is 0 Å². The molecule has 1 heterocycles. The van der Waals surface area contributed by atoms with E-state index in [0.29, 0.717) is 12.5 Å². The molecule has 146 valence electrons. The van der Waals surface area contributed by atoms with Crippen molar-refractivity contribution < 1.29 is 4.74 Å². The SMILES string of the molecule is CCOc1ccc(-n2c(C)cc(C=Nc3ccc([C@H](C)CC)cc3)c2C)cc1. The second kappa shape index (κ2) is 8.92. The van der Waals surface area contributed by atoms with E-state index >= 15 is 0 Å². The minimum atomic E-state index is 0.589. The molecule has 0 radical (unpaired) electrons. The van der Waals surface area contributed by atoms with Gasteiger partial charge in [0.05, 0.1) is 12.3 Å². The van der Waals surface area contributed by atoms with Crippen molar-refractivity contribution >= 4 is 11.9 Å². The van der Waals surface area contributed by atoms with Gasteiger partial charge in [-0.2, -0.15) is 0 Å². The van der Waals surface area contributed by atoms with Crippen molar-refractivity contribution in [2.45, 2.75) is 47.0 Å². The zero-order valence-electron chi connectivity index (χ0n) is 17.6. The fourth-order valence-electron chi connectivity index (χ4n) is 3.44. The number of benzene rings is 2. The summed E-state index contributed by atoms with van der Waals surface area (Å²) in [6.07, 6.45) is 3.12. The lowest BCUT2D eigenvalue weighted by Gasteiger charge is -2.11. The molecule has 0 saturated carbocycles. The average molecular weight is 375 g/mol. The van der Waals surface area contributed by atoms with Gasteiger partial charge in [-0.05, 0) is 81.1 Å². The van der Waals surface area contributed by atoms with Crippen LogP contribution in [0.5, 0.6) is 5.75 Å². The predicted molar refractivity (Wildman–Crippen MR) is 119 cm³/mol. The Morgan fingerprint density at radius 1 is 1.00 bits per heavy atom. The number of hydrogen-bond acceptors (Lipinski definition) is 2. The number of ether oxygens (including phenoxy) is 1. The Balaban J connectivity index is 1.82. The highest BCUT2D eigenvalue weighted by Crippen LogP contribution is 2.24. The summed E-state index contributed by atoms with van der Waals surface area (Å²) in [5, 5.41) is 0. The summed E-state index contributed by atoms with van der Waals surface area (Å²) in [5.41, 5.74) is 7.00. The molecule has 3 rings (SSSR count). The maximum absolute atomic E-state index is 5.55. The van der Waals surface area contributed by atoms with Crippen LogP contribution < -0.4 is 4.74 Å². The molecule has 0 spiro atoms. The lowest BCUT2D eigenvalue weighted by molar-refractivity contribution is 0.340. The maximum atomic E-state index is 5.55. The van der Waals surface area contributed by atoms with E-state index in [2.05, 4.69) is 74.7 Å². The van der Waals surface area contributed by atoms with Crippen molar-refractivity contribution in [2.24, 2.45) is 4.99 Å². The Labute approximate surface area is 168 Å². The minimum Gasteiger partial charge on any atom is -0.494 e. The first-order chi connectivity index (χ1) is 13.5. The lowest BCUT2D eigenvalue weighted by atomic mass is 9.99. The molecule has 0 saturated heterocycles. The molecule has 28 heavy (non-hydrogen) atoms. The van der Waals surface area contributed by atoms with Gasteiger partial charge >= 0.3 is 0 Å². The number of aromatic nitrogens is 1. The first-order valence-electron chi connectivity index (χ1n) is 10.1. The Bertz CT molecular complexity index is 934. The van der Waals surface area contributed by atoms with Crippen molar-refractivity contribution in [1.82, 2.24) is 4.57 Å². The Hall–Kier alpha value is -2.81. The van der Waals surface area contributed by atoms with Crippen molar-refractivity contribution in [3.63, 3.8) is 0 Å². The number of aryl methyl sites for hydroxylation is 1. The second-order valence-electron chi connectivity index (χ2n) is 7.25. The standard InChI is InChI=1S/C25H30N2O/c1-6-18(3)21-8-10-23(11-9-21)26-17-22-16-19(4)27(20(22)5)24-12-14-25(15-13-24)28-7-2/h8-18H,6-7H2,1-5H3/t18-/m1/s1. The van der Waals surface area contributed by atoms with Crippen molar-refractivity contribution in [3.05, 3.63) is 77.1 Å². The van der Waals surface area contributed by atoms with Crippen molar-refractivity contribution in [1.29, 1.82) is 0 Å². The third-order valence-electron chi connectivity index (χ3n) is 5.30. The molecule has 0 fully saturated rings. The third-order valence-corrected chi connectivity index (χ3v) is 5.30. The monoisotopic (exact) mass is 374 g/mol. The molecule has 2 aromatic carbocycles. The third kappa shape index (κ3) is 4.36. The largest absolute Gasteiger partial charge is 0.494 e. The highest BCUT2D eigenvalue weighted by atomic mass is 16.5. The zero-order valence-corrected chi connectivity index (χ0v) is 17.6. The van der Waals surface area contributed by atoms with Crippen LogP contribution in [0, 0.1) is 13.8 Å².